The Labute approximate surface area is 118 Å². The summed E-state index contributed by atoms with van der Waals surface area (Å²) in [5.41, 5.74) is 2.89. The molecule has 1 aliphatic rings. The van der Waals surface area contributed by atoms with E-state index >= 15 is 0 Å². The van der Waals surface area contributed by atoms with Crippen LogP contribution in [0.4, 0.5) is 5.69 Å². The molecule has 5 heteroatoms. The molecule has 0 bridgehead atoms. The first-order valence-electron chi connectivity index (χ1n) is 6.62. The van der Waals surface area contributed by atoms with Crippen molar-refractivity contribution in [2.75, 3.05) is 13.7 Å². The predicted molar refractivity (Wildman–Crippen MR) is 78.5 cm³/mol. The maximum absolute atomic E-state index is 10.5. The van der Waals surface area contributed by atoms with Crippen molar-refractivity contribution in [3.8, 4) is 5.75 Å². The number of benzene rings is 1. The number of rotatable bonds is 4. The minimum atomic E-state index is -0.892. The monoisotopic (exact) mass is 274 g/mol. The van der Waals surface area contributed by atoms with E-state index in [1.165, 1.54) is 0 Å². The Balaban J connectivity index is 2.05. The molecule has 1 fully saturated rings. The standard InChI is InChI=1S/C15H18N2O3/c1-20-14-7-5-11(6-8-14)17-13-4-2-3-12(9-13)16-10-15(18)19/h5-8H,2-4,9-10H2,1H3,(H,18,19). The fourth-order valence-corrected chi connectivity index (χ4v) is 2.16. The van der Waals surface area contributed by atoms with E-state index in [0.717, 1.165) is 42.1 Å². The summed E-state index contributed by atoms with van der Waals surface area (Å²) in [6.45, 7) is -0.148. The normalized spacial score (nSPS) is 19.2. The van der Waals surface area contributed by atoms with Crippen LogP contribution in [0.25, 0.3) is 0 Å². The van der Waals surface area contributed by atoms with E-state index < -0.39 is 5.97 Å². The summed E-state index contributed by atoms with van der Waals surface area (Å²) in [5.74, 6) is -0.0852. The Morgan fingerprint density at radius 1 is 1.25 bits per heavy atom. The molecule has 0 radical (unpaired) electrons. The van der Waals surface area contributed by atoms with E-state index in [0.29, 0.717) is 6.42 Å². The van der Waals surface area contributed by atoms with Crippen LogP contribution in [-0.4, -0.2) is 36.2 Å². The Morgan fingerprint density at radius 3 is 2.60 bits per heavy atom. The number of methoxy groups -OCH3 is 1. The lowest BCUT2D eigenvalue weighted by Gasteiger charge is -2.15. The van der Waals surface area contributed by atoms with Crippen LogP contribution in [0, 0.1) is 0 Å². The van der Waals surface area contributed by atoms with E-state index in [2.05, 4.69) is 9.98 Å². The van der Waals surface area contributed by atoms with Crippen LogP contribution < -0.4 is 4.74 Å². The van der Waals surface area contributed by atoms with E-state index in [9.17, 15) is 4.79 Å². The summed E-state index contributed by atoms with van der Waals surface area (Å²) in [5, 5.41) is 8.65. The van der Waals surface area contributed by atoms with Gasteiger partial charge in [0.25, 0.3) is 0 Å². The maximum Gasteiger partial charge on any atom is 0.325 e. The summed E-state index contributed by atoms with van der Waals surface area (Å²) in [6, 6.07) is 7.58. The van der Waals surface area contributed by atoms with E-state index in [1.54, 1.807) is 7.11 Å². The van der Waals surface area contributed by atoms with Crippen LogP contribution in [0.3, 0.4) is 0 Å². The molecule has 106 valence electrons. The molecule has 1 aliphatic carbocycles. The molecule has 0 atom stereocenters. The fraction of sp³-hybridized carbons (Fsp3) is 0.400. The highest BCUT2D eigenvalue weighted by Gasteiger charge is 2.13. The van der Waals surface area contributed by atoms with Gasteiger partial charge >= 0.3 is 5.97 Å². The largest absolute Gasteiger partial charge is 0.497 e. The van der Waals surface area contributed by atoms with E-state index in [1.807, 2.05) is 24.3 Å². The minimum absolute atomic E-state index is 0.148. The molecule has 2 rings (SSSR count). The third-order valence-corrected chi connectivity index (χ3v) is 3.14. The molecule has 0 spiro atoms. The number of hydrogen-bond donors (Lipinski definition) is 1. The molecule has 0 heterocycles. The topological polar surface area (TPSA) is 71.2 Å². The molecule has 0 aromatic heterocycles. The van der Waals surface area contributed by atoms with Crippen LogP contribution >= 0.6 is 0 Å². The number of hydrogen-bond acceptors (Lipinski definition) is 4. The summed E-state index contributed by atoms with van der Waals surface area (Å²) < 4.78 is 5.11. The second kappa shape index (κ2) is 6.84. The number of carboxylic acids is 1. The van der Waals surface area contributed by atoms with Gasteiger partial charge in [-0.25, -0.2) is 0 Å². The molecule has 0 amide bonds. The smallest absolute Gasteiger partial charge is 0.325 e. The van der Waals surface area contributed by atoms with Gasteiger partial charge in [0.2, 0.25) is 0 Å². The average molecular weight is 274 g/mol. The molecule has 0 unspecified atom stereocenters. The van der Waals surface area contributed by atoms with Gasteiger partial charge in [0.05, 0.1) is 12.8 Å². The highest BCUT2D eigenvalue weighted by atomic mass is 16.5. The van der Waals surface area contributed by atoms with Crippen LogP contribution in [0.15, 0.2) is 34.3 Å². The second-order valence-electron chi connectivity index (χ2n) is 4.68. The summed E-state index contributed by atoms with van der Waals surface area (Å²) >= 11 is 0. The predicted octanol–water partition coefficient (Wildman–Crippen LogP) is 2.87. The first-order valence-corrected chi connectivity index (χ1v) is 6.62. The van der Waals surface area contributed by atoms with Crippen molar-refractivity contribution in [3.63, 3.8) is 0 Å². The molecule has 0 aliphatic heterocycles. The van der Waals surface area contributed by atoms with Crippen molar-refractivity contribution in [3.05, 3.63) is 24.3 Å². The lowest BCUT2D eigenvalue weighted by molar-refractivity contribution is -0.135. The van der Waals surface area contributed by atoms with Crippen molar-refractivity contribution in [2.45, 2.75) is 25.7 Å². The number of nitrogens with zero attached hydrogens (tertiary/aromatic N) is 2. The first-order chi connectivity index (χ1) is 9.67. The summed E-state index contributed by atoms with van der Waals surface area (Å²) in [6.07, 6.45) is 3.47. The van der Waals surface area contributed by atoms with Gasteiger partial charge in [-0.2, -0.15) is 0 Å². The first kappa shape index (κ1) is 14.2. The van der Waals surface area contributed by atoms with Crippen LogP contribution in [0.2, 0.25) is 0 Å². The molecular weight excluding hydrogens is 256 g/mol. The van der Waals surface area contributed by atoms with Gasteiger partial charge in [-0.3, -0.25) is 14.8 Å². The number of ether oxygens (including phenoxy) is 1. The van der Waals surface area contributed by atoms with Gasteiger partial charge in [0, 0.05) is 17.8 Å². The van der Waals surface area contributed by atoms with Crippen LogP contribution in [0.1, 0.15) is 25.7 Å². The highest BCUT2D eigenvalue weighted by Crippen LogP contribution is 2.21. The minimum Gasteiger partial charge on any atom is -0.497 e. The van der Waals surface area contributed by atoms with Crippen molar-refractivity contribution < 1.29 is 14.6 Å². The Hall–Kier alpha value is -2.17. The van der Waals surface area contributed by atoms with Gasteiger partial charge < -0.3 is 9.84 Å². The van der Waals surface area contributed by atoms with Crippen molar-refractivity contribution >= 4 is 23.1 Å². The SMILES string of the molecule is COc1ccc(N=C2CCCC(=NCC(=O)O)C2)cc1. The molecule has 20 heavy (non-hydrogen) atoms. The van der Waals surface area contributed by atoms with Crippen molar-refractivity contribution in [1.82, 2.24) is 0 Å². The number of carboxylic acid groups (broad SMARTS) is 1. The lowest BCUT2D eigenvalue weighted by atomic mass is 9.96. The van der Waals surface area contributed by atoms with Gasteiger partial charge in [-0.1, -0.05) is 0 Å². The third kappa shape index (κ3) is 4.19. The number of carbonyl (C=O) groups is 1. The molecule has 0 saturated heterocycles. The van der Waals surface area contributed by atoms with Crippen LogP contribution in [-0.2, 0) is 4.79 Å². The van der Waals surface area contributed by atoms with Gasteiger partial charge in [-0.15, -0.1) is 0 Å². The lowest BCUT2D eigenvalue weighted by Crippen LogP contribution is -2.16. The zero-order chi connectivity index (χ0) is 14.4. The van der Waals surface area contributed by atoms with Gasteiger partial charge in [-0.05, 0) is 43.5 Å². The van der Waals surface area contributed by atoms with E-state index in [-0.39, 0.29) is 6.54 Å². The quantitative estimate of drug-likeness (QED) is 0.917. The zero-order valence-electron chi connectivity index (χ0n) is 11.5. The molecule has 1 saturated carbocycles. The van der Waals surface area contributed by atoms with Crippen molar-refractivity contribution in [1.29, 1.82) is 0 Å². The molecular formula is C15H18N2O3. The third-order valence-electron chi connectivity index (χ3n) is 3.14. The van der Waals surface area contributed by atoms with Gasteiger partial charge in [0.15, 0.2) is 0 Å². The highest BCUT2D eigenvalue weighted by molar-refractivity contribution is 6.07. The molecule has 1 N–H and O–H groups in total. The Kier molecular flexibility index (Phi) is 4.87. The van der Waals surface area contributed by atoms with Gasteiger partial charge in [0.1, 0.15) is 12.3 Å². The average Bonchev–Trinajstić information content (AvgIpc) is 2.46. The van der Waals surface area contributed by atoms with E-state index in [4.69, 9.17) is 9.84 Å². The second-order valence-corrected chi connectivity index (χ2v) is 4.68. The summed E-state index contributed by atoms with van der Waals surface area (Å²) in [7, 11) is 1.63. The summed E-state index contributed by atoms with van der Waals surface area (Å²) in [4.78, 5) is 19.2. The van der Waals surface area contributed by atoms with Crippen molar-refractivity contribution in [2.24, 2.45) is 9.98 Å². The molecule has 1 aromatic rings. The maximum atomic E-state index is 10.5. The Bertz CT molecular complexity index is 533. The Morgan fingerprint density at radius 2 is 1.95 bits per heavy atom. The fourth-order valence-electron chi connectivity index (χ4n) is 2.16. The van der Waals surface area contributed by atoms with Crippen LogP contribution in [0.5, 0.6) is 5.75 Å². The molecule has 5 nitrogen and oxygen atoms in total. The zero-order valence-corrected chi connectivity index (χ0v) is 11.5. The number of aliphatic carboxylic acids is 1. The number of aliphatic imine (C=N–C) groups is 2. The molecule has 1 aromatic carbocycles.